The van der Waals surface area contributed by atoms with E-state index in [0.29, 0.717) is 5.82 Å². The molecule has 5 nitrogen and oxygen atoms in total. The summed E-state index contributed by atoms with van der Waals surface area (Å²) < 4.78 is 13.7. The smallest absolute Gasteiger partial charge is 0.222 e. The van der Waals surface area contributed by atoms with Crippen molar-refractivity contribution in [1.29, 1.82) is 0 Å². The van der Waals surface area contributed by atoms with Crippen LogP contribution in [-0.2, 0) is 0 Å². The number of piperazine rings is 1. The average molecular weight is 265 g/mol. The number of hydrogen-bond donors (Lipinski definition) is 1. The van der Waals surface area contributed by atoms with Gasteiger partial charge in [-0.3, -0.25) is 4.90 Å². The topological polar surface area (TPSA) is 58.3 Å². The SMILES string of the molecule is Nc1ncc(F)c(N2CCN(C3CCCC3)CC2)n1. The molecule has 104 valence electrons. The Balaban J connectivity index is 1.64. The Kier molecular flexibility index (Phi) is 3.50. The molecule has 1 aliphatic carbocycles. The molecule has 19 heavy (non-hydrogen) atoms. The monoisotopic (exact) mass is 265 g/mol. The van der Waals surface area contributed by atoms with Crippen LogP contribution < -0.4 is 10.6 Å². The van der Waals surface area contributed by atoms with Gasteiger partial charge in [0.2, 0.25) is 5.95 Å². The average Bonchev–Trinajstić information content (AvgIpc) is 2.96. The molecule has 0 atom stereocenters. The van der Waals surface area contributed by atoms with E-state index in [1.54, 1.807) is 0 Å². The van der Waals surface area contributed by atoms with Crippen molar-refractivity contribution < 1.29 is 4.39 Å². The summed E-state index contributed by atoms with van der Waals surface area (Å²) >= 11 is 0. The number of nitrogen functional groups attached to an aromatic ring is 1. The van der Waals surface area contributed by atoms with Crippen LogP contribution in [0.1, 0.15) is 25.7 Å². The second kappa shape index (κ2) is 5.28. The fourth-order valence-corrected chi connectivity index (χ4v) is 3.16. The normalized spacial score (nSPS) is 22.1. The van der Waals surface area contributed by atoms with E-state index in [-0.39, 0.29) is 11.8 Å². The molecule has 1 aliphatic heterocycles. The Bertz CT molecular complexity index is 439. The fraction of sp³-hybridized carbons (Fsp3) is 0.692. The van der Waals surface area contributed by atoms with E-state index in [2.05, 4.69) is 14.9 Å². The zero-order chi connectivity index (χ0) is 13.2. The van der Waals surface area contributed by atoms with E-state index in [1.165, 1.54) is 25.7 Å². The summed E-state index contributed by atoms with van der Waals surface area (Å²) in [5.74, 6) is 0.0942. The van der Waals surface area contributed by atoms with Crippen molar-refractivity contribution >= 4 is 11.8 Å². The van der Waals surface area contributed by atoms with Crippen LogP contribution in [0.15, 0.2) is 6.20 Å². The van der Waals surface area contributed by atoms with Crippen molar-refractivity contribution in [3.8, 4) is 0 Å². The maximum absolute atomic E-state index is 13.7. The van der Waals surface area contributed by atoms with Gasteiger partial charge in [0.15, 0.2) is 11.6 Å². The Hall–Kier alpha value is -1.43. The lowest BCUT2D eigenvalue weighted by Crippen LogP contribution is -2.50. The standard InChI is InChI=1S/C13H20FN5/c14-11-9-16-13(15)17-12(11)19-7-5-18(6-8-19)10-3-1-2-4-10/h9-10H,1-8H2,(H2,15,16,17). The van der Waals surface area contributed by atoms with Gasteiger partial charge in [-0.15, -0.1) is 0 Å². The largest absolute Gasteiger partial charge is 0.368 e. The molecule has 1 saturated heterocycles. The summed E-state index contributed by atoms with van der Waals surface area (Å²) in [7, 11) is 0. The van der Waals surface area contributed by atoms with Crippen LogP contribution in [0.25, 0.3) is 0 Å². The summed E-state index contributed by atoms with van der Waals surface area (Å²) in [5, 5.41) is 0. The minimum Gasteiger partial charge on any atom is -0.368 e. The molecule has 0 aromatic carbocycles. The zero-order valence-electron chi connectivity index (χ0n) is 11.1. The van der Waals surface area contributed by atoms with Gasteiger partial charge >= 0.3 is 0 Å². The van der Waals surface area contributed by atoms with E-state index >= 15 is 0 Å². The van der Waals surface area contributed by atoms with Gasteiger partial charge in [0.25, 0.3) is 0 Å². The maximum Gasteiger partial charge on any atom is 0.222 e. The first-order valence-electron chi connectivity index (χ1n) is 7.01. The Morgan fingerprint density at radius 2 is 1.84 bits per heavy atom. The minimum absolute atomic E-state index is 0.134. The van der Waals surface area contributed by atoms with Gasteiger partial charge in [-0.05, 0) is 12.8 Å². The van der Waals surface area contributed by atoms with Crippen molar-refractivity contribution in [2.45, 2.75) is 31.7 Å². The van der Waals surface area contributed by atoms with Crippen molar-refractivity contribution in [1.82, 2.24) is 14.9 Å². The first kappa shape index (κ1) is 12.6. The molecule has 0 radical (unpaired) electrons. The lowest BCUT2D eigenvalue weighted by Gasteiger charge is -2.38. The molecule has 1 saturated carbocycles. The summed E-state index contributed by atoms with van der Waals surface area (Å²) in [6.07, 6.45) is 6.48. The Morgan fingerprint density at radius 3 is 2.53 bits per heavy atom. The summed E-state index contributed by atoms with van der Waals surface area (Å²) in [4.78, 5) is 12.2. The fourth-order valence-electron chi connectivity index (χ4n) is 3.16. The molecule has 2 aliphatic rings. The molecular weight excluding hydrogens is 245 g/mol. The molecule has 2 N–H and O–H groups in total. The highest BCUT2D eigenvalue weighted by molar-refractivity contribution is 5.43. The van der Waals surface area contributed by atoms with Gasteiger partial charge in [0.1, 0.15) is 0 Å². The molecule has 2 heterocycles. The van der Waals surface area contributed by atoms with Crippen LogP contribution in [0.3, 0.4) is 0 Å². The van der Waals surface area contributed by atoms with E-state index in [1.807, 2.05) is 4.90 Å². The van der Waals surface area contributed by atoms with Crippen LogP contribution in [-0.4, -0.2) is 47.1 Å². The molecule has 3 rings (SSSR count). The zero-order valence-corrected chi connectivity index (χ0v) is 11.1. The molecule has 0 spiro atoms. The first-order valence-corrected chi connectivity index (χ1v) is 7.01. The van der Waals surface area contributed by atoms with E-state index in [9.17, 15) is 4.39 Å². The maximum atomic E-state index is 13.7. The quantitative estimate of drug-likeness (QED) is 0.872. The number of aromatic nitrogens is 2. The summed E-state index contributed by atoms with van der Waals surface area (Å²) in [5.41, 5.74) is 5.54. The first-order chi connectivity index (χ1) is 9.24. The predicted molar refractivity (Wildman–Crippen MR) is 72.4 cm³/mol. The Labute approximate surface area is 112 Å². The second-order valence-corrected chi connectivity index (χ2v) is 5.36. The van der Waals surface area contributed by atoms with Crippen molar-refractivity contribution in [2.75, 3.05) is 36.8 Å². The van der Waals surface area contributed by atoms with Gasteiger partial charge in [0.05, 0.1) is 6.20 Å². The molecule has 0 amide bonds. The van der Waals surface area contributed by atoms with Crippen LogP contribution >= 0.6 is 0 Å². The molecule has 1 aromatic heterocycles. The van der Waals surface area contributed by atoms with Gasteiger partial charge in [-0.25, -0.2) is 9.37 Å². The van der Waals surface area contributed by atoms with Crippen LogP contribution in [0.4, 0.5) is 16.2 Å². The third kappa shape index (κ3) is 2.63. The number of anilines is 2. The molecular formula is C13H20FN5. The van der Waals surface area contributed by atoms with Crippen molar-refractivity contribution in [2.24, 2.45) is 0 Å². The Morgan fingerprint density at radius 1 is 1.16 bits per heavy atom. The van der Waals surface area contributed by atoms with Crippen molar-refractivity contribution in [3.63, 3.8) is 0 Å². The van der Waals surface area contributed by atoms with E-state index in [0.717, 1.165) is 38.4 Å². The highest BCUT2D eigenvalue weighted by Gasteiger charge is 2.27. The predicted octanol–water partition coefficient (Wildman–Crippen LogP) is 1.26. The van der Waals surface area contributed by atoms with E-state index in [4.69, 9.17) is 5.73 Å². The lowest BCUT2D eigenvalue weighted by molar-refractivity contribution is 0.187. The number of hydrogen-bond acceptors (Lipinski definition) is 5. The third-order valence-corrected chi connectivity index (χ3v) is 4.20. The number of nitrogens with zero attached hydrogens (tertiary/aromatic N) is 4. The molecule has 6 heteroatoms. The molecule has 0 bridgehead atoms. The van der Waals surface area contributed by atoms with Gasteiger partial charge in [-0.1, -0.05) is 12.8 Å². The molecule has 2 fully saturated rings. The molecule has 0 unspecified atom stereocenters. The van der Waals surface area contributed by atoms with Crippen LogP contribution in [0, 0.1) is 5.82 Å². The highest BCUT2D eigenvalue weighted by atomic mass is 19.1. The summed E-state index contributed by atoms with van der Waals surface area (Å²) in [6, 6.07) is 0.738. The van der Waals surface area contributed by atoms with Gasteiger partial charge in [0, 0.05) is 32.2 Å². The van der Waals surface area contributed by atoms with Gasteiger partial charge < -0.3 is 10.6 Å². The van der Waals surface area contributed by atoms with Crippen LogP contribution in [0.5, 0.6) is 0 Å². The second-order valence-electron chi connectivity index (χ2n) is 5.36. The van der Waals surface area contributed by atoms with Gasteiger partial charge in [-0.2, -0.15) is 4.98 Å². The number of rotatable bonds is 2. The minimum atomic E-state index is -0.386. The lowest BCUT2D eigenvalue weighted by atomic mass is 10.2. The van der Waals surface area contributed by atoms with E-state index < -0.39 is 0 Å². The number of halogens is 1. The molecule has 1 aromatic rings. The summed E-state index contributed by atoms with van der Waals surface area (Å²) in [6.45, 7) is 3.58. The van der Waals surface area contributed by atoms with Crippen molar-refractivity contribution in [3.05, 3.63) is 12.0 Å². The third-order valence-electron chi connectivity index (χ3n) is 4.20. The number of nitrogens with two attached hydrogens (primary N) is 1. The highest BCUT2D eigenvalue weighted by Crippen LogP contribution is 2.25. The van der Waals surface area contributed by atoms with Crippen LogP contribution in [0.2, 0.25) is 0 Å².